The average molecular weight is 319 g/mol. The molecule has 0 aromatic heterocycles. The summed E-state index contributed by atoms with van der Waals surface area (Å²) in [4.78, 5) is 24.2. The van der Waals surface area contributed by atoms with Gasteiger partial charge in [0, 0.05) is 13.0 Å². The second-order valence-corrected chi connectivity index (χ2v) is 6.05. The zero-order chi connectivity index (χ0) is 15.8. The number of methoxy groups -OCH3 is 1. The van der Waals surface area contributed by atoms with Crippen LogP contribution in [0.25, 0.3) is 0 Å². The van der Waals surface area contributed by atoms with Gasteiger partial charge >= 0.3 is 16.2 Å². The minimum atomic E-state index is -4.93. The van der Waals surface area contributed by atoms with Crippen LogP contribution in [-0.2, 0) is 19.8 Å². The first-order chi connectivity index (χ1) is 9.75. The Hall–Kier alpha value is -2.03. The molecule has 1 atom stereocenters. The molecule has 0 radical (unpaired) electrons. The Bertz CT molecular complexity index is 704. The van der Waals surface area contributed by atoms with Gasteiger partial charge in [-0.1, -0.05) is 6.07 Å². The number of nitrogens with zero attached hydrogens (tertiary/aromatic N) is 1. The van der Waals surface area contributed by atoms with Crippen molar-refractivity contribution >= 4 is 27.8 Å². The van der Waals surface area contributed by atoms with Crippen LogP contribution >= 0.6 is 0 Å². The predicted octanol–water partition coefficient (Wildman–Crippen LogP) is 1.02. The molecule has 21 heavy (non-hydrogen) atoms. The van der Waals surface area contributed by atoms with E-state index in [9.17, 15) is 26.3 Å². The van der Waals surface area contributed by atoms with Crippen LogP contribution in [0.4, 0.5) is 14.0 Å². The van der Waals surface area contributed by atoms with E-state index in [0.29, 0.717) is 0 Å². The van der Waals surface area contributed by atoms with Crippen molar-refractivity contribution < 1.29 is 31.0 Å². The molecule has 2 rings (SSSR count). The third-order valence-corrected chi connectivity index (χ3v) is 4.26. The fourth-order valence-electron chi connectivity index (χ4n) is 2.14. The lowest BCUT2D eigenvalue weighted by Crippen LogP contribution is -2.29. The number of para-hydroxylation sites is 1. The maximum atomic E-state index is 14.0. The van der Waals surface area contributed by atoms with Crippen LogP contribution in [0.15, 0.2) is 18.2 Å². The highest BCUT2D eigenvalue weighted by Gasteiger charge is 2.41. The van der Waals surface area contributed by atoms with Crippen molar-refractivity contribution in [3.8, 4) is 0 Å². The molecule has 1 amide bonds. The number of anilines is 1. The molecule has 0 bridgehead atoms. The Morgan fingerprint density at radius 3 is 2.62 bits per heavy atom. The summed E-state index contributed by atoms with van der Waals surface area (Å²) in [7, 11) is -3.85. The van der Waals surface area contributed by atoms with Crippen LogP contribution in [0, 0.1) is 5.82 Å². The lowest BCUT2D eigenvalue weighted by Gasteiger charge is -2.19. The van der Waals surface area contributed by atoms with Crippen molar-refractivity contribution in [1.82, 2.24) is 0 Å². The molecule has 1 aliphatic heterocycles. The van der Waals surface area contributed by atoms with Gasteiger partial charge in [-0.2, -0.15) is 8.42 Å². The van der Waals surface area contributed by atoms with E-state index in [-0.39, 0.29) is 5.56 Å². The number of carbonyl (C=O) groups excluding carboxylic acids is 2. The molecule has 1 saturated heterocycles. The topological polar surface area (TPSA) is 80.8 Å². The largest absolute Gasteiger partial charge is 0.465 e. The summed E-state index contributed by atoms with van der Waals surface area (Å²) in [5.74, 6) is -2.57. The molecule has 1 aliphatic rings. The molecule has 1 aromatic carbocycles. The van der Waals surface area contributed by atoms with E-state index in [2.05, 4.69) is 4.74 Å². The molecule has 1 aromatic rings. The molecule has 1 fully saturated rings. The first-order valence-corrected chi connectivity index (χ1v) is 7.31. The van der Waals surface area contributed by atoms with E-state index in [1.165, 1.54) is 12.1 Å². The molecule has 0 aliphatic carbocycles. The van der Waals surface area contributed by atoms with Gasteiger partial charge in [-0.25, -0.2) is 9.18 Å². The van der Waals surface area contributed by atoms with Gasteiger partial charge in [-0.05, 0) is 12.1 Å². The normalized spacial score (nSPS) is 18.9. The fraction of sp³-hybridized carbons (Fsp3) is 0.333. The maximum absolute atomic E-state index is 14.0. The van der Waals surface area contributed by atoms with Crippen LogP contribution in [-0.4, -0.2) is 39.2 Å². The van der Waals surface area contributed by atoms with Gasteiger partial charge in [0.05, 0.1) is 18.4 Å². The summed E-state index contributed by atoms with van der Waals surface area (Å²) in [5, 5.41) is -1.57. The van der Waals surface area contributed by atoms with Crippen molar-refractivity contribution in [2.75, 3.05) is 18.6 Å². The minimum absolute atomic E-state index is 0.234. The predicted molar refractivity (Wildman–Crippen MR) is 68.5 cm³/mol. The number of benzene rings is 1. The number of rotatable bonds is 3. The Morgan fingerprint density at radius 2 is 2.10 bits per heavy atom. The van der Waals surface area contributed by atoms with Crippen LogP contribution < -0.4 is 4.90 Å². The lowest BCUT2D eigenvalue weighted by molar-refractivity contribution is -0.117. The monoisotopic (exact) mass is 319 g/mol. The standard InChI is InChI=1S/C12H11F2NO5S/c1-20-12(17)8-3-2-4-9(13)11(8)15-6-7(5-10(15)16)21(14,18)19/h2-4,7H,5-6H2,1H3. The molecule has 0 saturated carbocycles. The molecule has 114 valence electrons. The van der Waals surface area contributed by atoms with Gasteiger partial charge < -0.3 is 9.64 Å². The highest BCUT2D eigenvalue weighted by molar-refractivity contribution is 7.87. The maximum Gasteiger partial charge on any atom is 0.340 e. The molecular weight excluding hydrogens is 308 g/mol. The minimum Gasteiger partial charge on any atom is -0.465 e. The highest BCUT2D eigenvalue weighted by Crippen LogP contribution is 2.31. The molecular formula is C12H11F2NO5S. The molecule has 1 unspecified atom stereocenters. The number of esters is 1. The summed E-state index contributed by atoms with van der Waals surface area (Å²) in [6, 6.07) is 3.48. The van der Waals surface area contributed by atoms with E-state index in [1.807, 2.05) is 0 Å². The summed E-state index contributed by atoms with van der Waals surface area (Å²) >= 11 is 0. The number of halogens is 2. The van der Waals surface area contributed by atoms with Gasteiger partial charge in [-0.15, -0.1) is 3.89 Å². The highest BCUT2D eigenvalue weighted by atomic mass is 32.3. The number of hydrogen-bond donors (Lipinski definition) is 0. The van der Waals surface area contributed by atoms with Crippen LogP contribution in [0.1, 0.15) is 16.8 Å². The van der Waals surface area contributed by atoms with Crippen molar-refractivity contribution in [2.24, 2.45) is 0 Å². The third-order valence-electron chi connectivity index (χ3n) is 3.15. The molecule has 0 N–H and O–H groups in total. The fourth-order valence-corrected chi connectivity index (χ4v) is 2.81. The van der Waals surface area contributed by atoms with E-state index in [1.54, 1.807) is 0 Å². The van der Waals surface area contributed by atoms with Gasteiger partial charge in [0.15, 0.2) is 0 Å². The number of ether oxygens (including phenoxy) is 1. The Labute approximate surface area is 119 Å². The van der Waals surface area contributed by atoms with E-state index in [4.69, 9.17) is 0 Å². The summed E-state index contributed by atoms with van der Waals surface area (Å²) < 4.78 is 53.2. The molecule has 9 heteroatoms. The van der Waals surface area contributed by atoms with Crippen molar-refractivity contribution in [2.45, 2.75) is 11.7 Å². The molecule has 1 heterocycles. The summed E-state index contributed by atoms with van der Waals surface area (Å²) in [6.45, 7) is -0.553. The van der Waals surface area contributed by atoms with E-state index >= 15 is 0 Å². The van der Waals surface area contributed by atoms with Gasteiger partial charge in [0.2, 0.25) is 5.91 Å². The smallest absolute Gasteiger partial charge is 0.340 e. The van der Waals surface area contributed by atoms with Crippen LogP contribution in [0.3, 0.4) is 0 Å². The van der Waals surface area contributed by atoms with Crippen molar-refractivity contribution in [3.05, 3.63) is 29.6 Å². The van der Waals surface area contributed by atoms with E-state index < -0.39 is 51.8 Å². The Morgan fingerprint density at radius 1 is 1.43 bits per heavy atom. The summed E-state index contributed by atoms with van der Waals surface area (Å²) in [6.07, 6.45) is -0.603. The second kappa shape index (κ2) is 5.40. The Balaban J connectivity index is 2.48. The zero-order valence-corrected chi connectivity index (χ0v) is 11.7. The third kappa shape index (κ3) is 2.87. The molecule has 0 spiro atoms. The van der Waals surface area contributed by atoms with Crippen LogP contribution in [0.5, 0.6) is 0 Å². The average Bonchev–Trinajstić information content (AvgIpc) is 2.79. The van der Waals surface area contributed by atoms with Crippen molar-refractivity contribution in [3.63, 3.8) is 0 Å². The Kier molecular flexibility index (Phi) is 3.95. The summed E-state index contributed by atoms with van der Waals surface area (Å²) in [5.41, 5.74) is -0.636. The first-order valence-electron chi connectivity index (χ1n) is 5.86. The zero-order valence-electron chi connectivity index (χ0n) is 10.9. The lowest BCUT2D eigenvalue weighted by atomic mass is 10.1. The van der Waals surface area contributed by atoms with Crippen molar-refractivity contribution in [1.29, 1.82) is 0 Å². The van der Waals surface area contributed by atoms with Gasteiger partial charge in [0.25, 0.3) is 0 Å². The first kappa shape index (κ1) is 15.4. The number of amides is 1. The van der Waals surface area contributed by atoms with Gasteiger partial charge in [-0.3, -0.25) is 4.79 Å². The van der Waals surface area contributed by atoms with E-state index in [0.717, 1.165) is 18.1 Å². The van der Waals surface area contributed by atoms with Gasteiger partial charge in [0.1, 0.15) is 11.1 Å². The SMILES string of the molecule is COC(=O)c1cccc(F)c1N1CC(S(=O)(=O)F)CC1=O. The second-order valence-electron chi connectivity index (χ2n) is 4.43. The number of carbonyl (C=O) groups is 2. The number of hydrogen-bond acceptors (Lipinski definition) is 5. The quantitative estimate of drug-likeness (QED) is 0.614. The van der Waals surface area contributed by atoms with Crippen LogP contribution in [0.2, 0.25) is 0 Å². The molecule has 6 nitrogen and oxygen atoms in total.